The first-order chi connectivity index (χ1) is 10.5. The Balaban J connectivity index is 1.90. The molecular formula is C15H18ClN5O. The van der Waals surface area contributed by atoms with Gasteiger partial charge in [0.15, 0.2) is 0 Å². The molecule has 22 heavy (non-hydrogen) atoms. The number of benzene rings is 1. The standard InChI is InChI=1S/C15H18ClN5O/c1-10-12(9-21(3)20-10)8-17-19-15(22)11(2)18-14-6-4-5-13(16)7-14/h4-9,11,18H,1-3H3,(H,19,22)/t11-/m1/s1. The van der Waals surface area contributed by atoms with Crippen LogP contribution in [-0.4, -0.2) is 27.9 Å². The SMILES string of the molecule is Cc1nn(C)cc1C=NNC(=O)[C@@H](C)Nc1cccc(Cl)c1. The number of carbonyl (C=O) groups is 1. The van der Waals surface area contributed by atoms with E-state index in [1.807, 2.05) is 32.3 Å². The van der Waals surface area contributed by atoms with E-state index in [0.717, 1.165) is 16.9 Å². The normalized spacial score (nSPS) is 12.4. The van der Waals surface area contributed by atoms with E-state index in [9.17, 15) is 4.79 Å². The minimum absolute atomic E-state index is 0.238. The highest BCUT2D eigenvalue weighted by atomic mass is 35.5. The summed E-state index contributed by atoms with van der Waals surface area (Å²) in [6.45, 7) is 3.63. The van der Waals surface area contributed by atoms with E-state index in [4.69, 9.17) is 11.6 Å². The zero-order chi connectivity index (χ0) is 16.1. The molecule has 6 nitrogen and oxygen atoms in total. The van der Waals surface area contributed by atoms with Gasteiger partial charge in [-0.2, -0.15) is 10.2 Å². The van der Waals surface area contributed by atoms with Crippen LogP contribution in [0.4, 0.5) is 5.69 Å². The van der Waals surface area contributed by atoms with Crippen molar-refractivity contribution in [2.75, 3.05) is 5.32 Å². The number of hydrogen-bond acceptors (Lipinski definition) is 4. The molecule has 1 aromatic carbocycles. The summed E-state index contributed by atoms with van der Waals surface area (Å²) in [5.74, 6) is -0.238. The molecule has 0 saturated carbocycles. The molecule has 0 aliphatic carbocycles. The maximum absolute atomic E-state index is 12.0. The van der Waals surface area contributed by atoms with E-state index < -0.39 is 6.04 Å². The maximum atomic E-state index is 12.0. The summed E-state index contributed by atoms with van der Waals surface area (Å²) in [6, 6.07) is 6.76. The van der Waals surface area contributed by atoms with Crippen LogP contribution in [0.15, 0.2) is 35.6 Å². The lowest BCUT2D eigenvalue weighted by molar-refractivity contribution is -0.121. The summed E-state index contributed by atoms with van der Waals surface area (Å²) < 4.78 is 1.70. The fourth-order valence-electron chi connectivity index (χ4n) is 1.90. The third kappa shape index (κ3) is 4.33. The van der Waals surface area contributed by atoms with E-state index in [2.05, 4.69) is 20.9 Å². The van der Waals surface area contributed by atoms with Crippen LogP contribution in [0.3, 0.4) is 0 Å². The van der Waals surface area contributed by atoms with Crippen LogP contribution >= 0.6 is 11.6 Å². The molecule has 0 aliphatic rings. The van der Waals surface area contributed by atoms with Crippen LogP contribution < -0.4 is 10.7 Å². The van der Waals surface area contributed by atoms with Gasteiger partial charge in [-0.1, -0.05) is 17.7 Å². The van der Waals surface area contributed by atoms with Crippen molar-refractivity contribution in [1.29, 1.82) is 0 Å². The quantitative estimate of drug-likeness (QED) is 0.656. The molecule has 0 bridgehead atoms. The van der Waals surface area contributed by atoms with Gasteiger partial charge in [-0.15, -0.1) is 0 Å². The van der Waals surface area contributed by atoms with E-state index in [1.54, 1.807) is 30.0 Å². The number of nitrogens with zero attached hydrogens (tertiary/aromatic N) is 3. The van der Waals surface area contributed by atoms with Crippen molar-refractivity contribution < 1.29 is 4.79 Å². The van der Waals surface area contributed by atoms with E-state index in [0.29, 0.717) is 5.02 Å². The monoisotopic (exact) mass is 319 g/mol. The van der Waals surface area contributed by atoms with Gasteiger partial charge in [-0.05, 0) is 32.0 Å². The van der Waals surface area contributed by atoms with E-state index in [-0.39, 0.29) is 5.91 Å². The highest BCUT2D eigenvalue weighted by Gasteiger charge is 2.11. The molecular weight excluding hydrogens is 302 g/mol. The highest BCUT2D eigenvalue weighted by Crippen LogP contribution is 2.15. The Kier molecular flexibility index (Phi) is 5.16. The average Bonchev–Trinajstić information content (AvgIpc) is 2.77. The van der Waals surface area contributed by atoms with Crippen LogP contribution in [0, 0.1) is 6.92 Å². The summed E-state index contributed by atoms with van der Waals surface area (Å²) in [5.41, 5.74) is 4.99. The van der Waals surface area contributed by atoms with Crippen molar-refractivity contribution in [3.63, 3.8) is 0 Å². The number of halogens is 1. The Morgan fingerprint density at radius 1 is 1.50 bits per heavy atom. The molecule has 1 aromatic heterocycles. The van der Waals surface area contributed by atoms with Gasteiger partial charge >= 0.3 is 0 Å². The Morgan fingerprint density at radius 3 is 2.91 bits per heavy atom. The Labute approximate surface area is 134 Å². The van der Waals surface area contributed by atoms with Crippen LogP contribution in [-0.2, 0) is 11.8 Å². The maximum Gasteiger partial charge on any atom is 0.262 e. The van der Waals surface area contributed by atoms with Gasteiger partial charge < -0.3 is 5.32 Å². The number of amides is 1. The molecule has 2 rings (SSSR count). The zero-order valence-electron chi connectivity index (χ0n) is 12.7. The molecule has 0 unspecified atom stereocenters. The van der Waals surface area contributed by atoms with Crippen molar-refractivity contribution in [2.24, 2.45) is 12.1 Å². The molecule has 0 fully saturated rings. The number of anilines is 1. The Bertz CT molecular complexity index is 695. The minimum atomic E-state index is -0.439. The molecule has 0 aliphatic heterocycles. The third-order valence-corrected chi connectivity index (χ3v) is 3.27. The predicted octanol–water partition coefficient (Wildman–Crippen LogP) is 2.33. The second kappa shape index (κ2) is 7.09. The van der Waals surface area contributed by atoms with Crippen molar-refractivity contribution in [3.8, 4) is 0 Å². The van der Waals surface area contributed by atoms with Crippen molar-refractivity contribution in [2.45, 2.75) is 19.9 Å². The van der Waals surface area contributed by atoms with Crippen LogP contribution in [0.1, 0.15) is 18.2 Å². The largest absolute Gasteiger partial charge is 0.374 e. The van der Waals surface area contributed by atoms with Crippen molar-refractivity contribution >= 4 is 29.4 Å². The molecule has 1 heterocycles. The van der Waals surface area contributed by atoms with Gasteiger partial charge in [-0.3, -0.25) is 9.48 Å². The summed E-state index contributed by atoms with van der Waals surface area (Å²) in [5, 5.41) is 11.8. The summed E-state index contributed by atoms with van der Waals surface area (Å²) >= 11 is 5.90. The van der Waals surface area contributed by atoms with Gasteiger partial charge in [0.1, 0.15) is 6.04 Å². The number of aromatic nitrogens is 2. The van der Waals surface area contributed by atoms with Gasteiger partial charge in [0, 0.05) is 29.5 Å². The van der Waals surface area contributed by atoms with Gasteiger partial charge in [-0.25, -0.2) is 5.43 Å². The van der Waals surface area contributed by atoms with E-state index in [1.165, 1.54) is 0 Å². The zero-order valence-corrected chi connectivity index (χ0v) is 13.4. The van der Waals surface area contributed by atoms with Crippen molar-refractivity contribution in [1.82, 2.24) is 15.2 Å². The molecule has 0 saturated heterocycles. The fourth-order valence-corrected chi connectivity index (χ4v) is 2.09. The summed E-state index contributed by atoms with van der Waals surface area (Å²) in [6.07, 6.45) is 3.41. The number of aryl methyl sites for hydroxylation is 2. The van der Waals surface area contributed by atoms with E-state index >= 15 is 0 Å². The molecule has 2 N–H and O–H groups in total. The smallest absolute Gasteiger partial charge is 0.262 e. The minimum Gasteiger partial charge on any atom is -0.374 e. The molecule has 0 radical (unpaired) electrons. The van der Waals surface area contributed by atoms with Gasteiger partial charge in [0.25, 0.3) is 5.91 Å². The lowest BCUT2D eigenvalue weighted by Crippen LogP contribution is -2.34. The number of nitrogens with one attached hydrogen (secondary N) is 2. The fraction of sp³-hybridized carbons (Fsp3) is 0.267. The van der Waals surface area contributed by atoms with Crippen LogP contribution in [0.2, 0.25) is 5.02 Å². The van der Waals surface area contributed by atoms with Crippen LogP contribution in [0.5, 0.6) is 0 Å². The number of carbonyl (C=O) groups excluding carboxylic acids is 1. The lowest BCUT2D eigenvalue weighted by atomic mass is 10.2. The molecule has 1 atom stereocenters. The average molecular weight is 320 g/mol. The van der Waals surface area contributed by atoms with Gasteiger partial charge in [0.05, 0.1) is 11.9 Å². The first-order valence-corrected chi connectivity index (χ1v) is 7.19. The molecule has 116 valence electrons. The first-order valence-electron chi connectivity index (χ1n) is 6.81. The predicted molar refractivity (Wildman–Crippen MR) is 88.2 cm³/mol. The van der Waals surface area contributed by atoms with Gasteiger partial charge in [0.2, 0.25) is 0 Å². The topological polar surface area (TPSA) is 71.3 Å². The number of rotatable bonds is 5. The number of hydrogen-bond donors (Lipinski definition) is 2. The van der Waals surface area contributed by atoms with Crippen molar-refractivity contribution in [3.05, 3.63) is 46.7 Å². The Morgan fingerprint density at radius 2 is 2.27 bits per heavy atom. The molecule has 0 spiro atoms. The highest BCUT2D eigenvalue weighted by molar-refractivity contribution is 6.30. The molecule has 7 heteroatoms. The second-order valence-electron chi connectivity index (χ2n) is 4.95. The lowest BCUT2D eigenvalue weighted by Gasteiger charge is -2.13. The molecule has 1 amide bonds. The summed E-state index contributed by atoms with van der Waals surface area (Å²) in [4.78, 5) is 12.0. The van der Waals surface area contributed by atoms with Crippen LogP contribution in [0.25, 0.3) is 0 Å². The second-order valence-corrected chi connectivity index (χ2v) is 5.39. The Hall–Kier alpha value is -2.34. The summed E-state index contributed by atoms with van der Waals surface area (Å²) in [7, 11) is 1.83. The number of hydrazone groups is 1. The molecule has 2 aromatic rings. The first kappa shape index (κ1) is 16.0. The third-order valence-electron chi connectivity index (χ3n) is 3.03.